The molecule has 1 N–H and O–H groups in total. The number of nitrogens with zero attached hydrogens (tertiary/aromatic N) is 2. The molecule has 1 aromatic carbocycles. The van der Waals surface area contributed by atoms with Gasteiger partial charge in [0.25, 0.3) is 0 Å². The van der Waals surface area contributed by atoms with E-state index in [2.05, 4.69) is 10.3 Å². The van der Waals surface area contributed by atoms with E-state index in [1.807, 2.05) is 18.2 Å². The number of nitrogens with one attached hydrogen (secondary N) is 1. The van der Waals surface area contributed by atoms with Crippen LogP contribution in [0, 0.1) is 5.92 Å². The number of amides is 2. The average Bonchev–Trinajstić information content (AvgIpc) is 3.10. The second-order valence-electron chi connectivity index (χ2n) is 6.31. The Labute approximate surface area is 158 Å². The number of aromatic nitrogens is 1. The van der Waals surface area contributed by atoms with E-state index < -0.39 is 0 Å². The van der Waals surface area contributed by atoms with Crippen LogP contribution >= 0.6 is 0 Å². The van der Waals surface area contributed by atoms with Crippen LogP contribution in [-0.2, 0) is 16.0 Å². The predicted octanol–water partition coefficient (Wildman–Crippen LogP) is 1.81. The number of anilines is 1. The van der Waals surface area contributed by atoms with Crippen LogP contribution in [0.3, 0.4) is 0 Å². The van der Waals surface area contributed by atoms with Crippen molar-refractivity contribution in [1.29, 1.82) is 0 Å². The molecule has 1 aromatic heterocycles. The van der Waals surface area contributed by atoms with Crippen molar-refractivity contribution >= 4 is 17.5 Å². The zero-order valence-electron chi connectivity index (χ0n) is 15.5. The van der Waals surface area contributed by atoms with Crippen LogP contribution in [0.5, 0.6) is 11.5 Å². The summed E-state index contributed by atoms with van der Waals surface area (Å²) >= 11 is 0. The van der Waals surface area contributed by atoms with Crippen molar-refractivity contribution in [2.45, 2.75) is 12.8 Å². The van der Waals surface area contributed by atoms with E-state index in [-0.39, 0.29) is 24.2 Å². The molecule has 1 aliphatic rings. The highest BCUT2D eigenvalue weighted by atomic mass is 16.5. The van der Waals surface area contributed by atoms with E-state index in [1.165, 1.54) is 0 Å². The minimum absolute atomic E-state index is 0.0768. The Hall–Kier alpha value is -3.09. The van der Waals surface area contributed by atoms with Crippen molar-refractivity contribution in [3.63, 3.8) is 0 Å². The molecule has 7 heteroatoms. The van der Waals surface area contributed by atoms with Crippen LogP contribution in [0.4, 0.5) is 5.69 Å². The predicted molar refractivity (Wildman–Crippen MR) is 101 cm³/mol. The molecule has 0 spiro atoms. The Morgan fingerprint density at radius 2 is 2.04 bits per heavy atom. The van der Waals surface area contributed by atoms with Gasteiger partial charge in [0.15, 0.2) is 11.5 Å². The number of carbonyl (C=O) groups excluding carboxylic acids is 2. The fraction of sp³-hybridized carbons (Fsp3) is 0.350. The van der Waals surface area contributed by atoms with Gasteiger partial charge in [-0.1, -0.05) is 6.07 Å². The van der Waals surface area contributed by atoms with Crippen molar-refractivity contribution in [3.05, 3.63) is 48.3 Å². The topological polar surface area (TPSA) is 80.8 Å². The fourth-order valence-corrected chi connectivity index (χ4v) is 3.13. The Bertz CT molecular complexity index is 810. The maximum Gasteiger partial charge on any atom is 0.227 e. The van der Waals surface area contributed by atoms with Gasteiger partial charge in [-0.25, -0.2) is 0 Å². The number of benzene rings is 1. The second-order valence-corrected chi connectivity index (χ2v) is 6.31. The number of rotatable bonds is 7. The Morgan fingerprint density at radius 1 is 1.22 bits per heavy atom. The first kappa shape index (κ1) is 18.7. The van der Waals surface area contributed by atoms with Gasteiger partial charge < -0.3 is 19.7 Å². The summed E-state index contributed by atoms with van der Waals surface area (Å²) in [5, 5.41) is 2.90. The Kier molecular flexibility index (Phi) is 5.90. The van der Waals surface area contributed by atoms with Gasteiger partial charge in [-0.3, -0.25) is 14.6 Å². The number of pyridine rings is 1. The molecule has 0 saturated carbocycles. The molecule has 0 bridgehead atoms. The lowest BCUT2D eigenvalue weighted by atomic mass is 10.1. The standard InChI is InChI=1S/C20H23N3O4/c1-26-17-7-6-16(12-18(17)27-2)23-13-14(11-19(23)24)20(25)22-10-8-15-5-3-4-9-21-15/h3-7,9,12,14H,8,10-11,13H2,1-2H3,(H,22,25)/t14-/m0/s1. The van der Waals surface area contributed by atoms with Crippen molar-refractivity contribution < 1.29 is 19.1 Å². The molecule has 1 aliphatic heterocycles. The number of hydrogen-bond acceptors (Lipinski definition) is 5. The summed E-state index contributed by atoms with van der Waals surface area (Å²) in [6.45, 7) is 0.848. The lowest BCUT2D eigenvalue weighted by Crippen LogP contribution is -2.34. The largest absolute Gasteiger partial charge is 0.493 e. The van der Waals surface area contributed by atoms with Crippen molar-refractivity contribution in [3.8, 4) is 11.5 Å². The average molecular weight is 369 g/mol. The first-order chi connectivity index (χ1) is 13.1. The molecular weight excluding hydrogens is 346 g/mol. The number of hydrogen-bond donors (Lipinski definition) is 1. The lowest BCUT2D eigenvalue weighted by Gasteiger charge is -2.18. The van der Waals surface area contributed by atoms with Crippen LogP contribution in [0.25, 0.3) is 0 Å². The number of methoxy groups -OCH3 is 2. The number of carbonyl (C=O) groups is 2. The smallest absolute Gasteiger partial charge is 0.227 e. The van der Waals surface area contributed by atoms with Gasteiger partial charge in [-0.2, -0.15) is 0 Å². The molecule has 1 saturated heterocycles. The molecule has 27 heavy (non-hydrogen) atoms. The van der Waals surface area contributed by atoms with Gasteiger partial charge in [-0.05, 0) is 24.3 Å². The van der Waals surface area contributed by atoms with Crippen LogP contribution in [0.15, 0.2) is 42.6 Å². The summed E-state index contributed by atoms with van der Waals surface area (Å²) in [7, 11) is 3.11. The molecule has 1 atom stereocenters. The quantitative estimate of drug-likeness (QED) is 0.805. The maximum atomic E-state index is 12.4. The van der Waals surface area contributed by atoms with E-state index in [4.69, 9.17) is 9.47 Å². The summed E-state index contributed by atoms with van der Waals surface area (Å²) in [4.78, 5) is 30.7. The van der Waals surface area contributed by atoms with E-state index in [0.29, 0.717) is 36.7 Å². The van der Waals surface area contributed by atoms with Crippen molar-refractivity contribution in [2.75, 3.05) is 32.2 Å². The monoisotopic (exact) mass is 369 g/mol. The molecule has 1 fully saturated rings. The van der Waals surface area contributed by atoms with Gasteiger partial charge in [-0.15, -0.1) is 0 Å². The summed E-state index contributed by atoms with van der Waals surface area (Å²) in [5.41, 5.74) is 1.62. The van der Waals surface area contributed by atoms with Crippen molar-refractivity contribution in [2.24, 2.45) is 5.92 Å². The van der Waals surface area contributed by atoms with Crippen LogP contribution < -0.4 is 19.7 Å². The Balaban J connectivity index is 1.59. The molecule has 142 valence electrons. The van der Waals surface area contributed by atoms with Gasteiger partial charge in [0.1, 0.15) is 0 Å². The summed E-state index contributed by atoms with van der Waals surface area (Å²) < 4.78 is 10.5. The highest BCUT2D eigenvalue weighted by Crippen LogP contribution is 2.34. The molecule has 2 amide bonds. The molecule has 3 rings (SSSR count). The lowest BCUT2D eigenvalue weighted by molar-refractivity contribution is -0.126. The van der Waals surface area contributed by atoms with Crippen LogP contribution in [-0.4, -0.2) is 44.1 Å². The molecule has 0 unspecified atom stereocenters. The number of ether oxygens (including phenoxy) is 2. The maximum absolute atomic E-state index is 12.4. The molecule has 2 aromatic rings. The molecule has 7 nitrogen and oxygen atoms in total. The minimum atomic E-state index is -0.366. The van der Waals surface area contributed by atoms with E-state index in [1.54, 1.807) is 43.5 Å². The molecule has 0 radical (unpaired) electrons. The van der Waals surface area contributed by atoms with Gasteiger partial charge in [0.2, 0.25) is 11.8 Å². The van der Waals surface area contributed by atoms with Crippen LogP contribution in [0.1, 0.15) is 12.1 Å². The van der Waals surface area contributed by atoms with E-state index >= 15 is 0 Å². The summed E-state index contributed by atoms with van der Waals surface area (Å²) in [6.07, 6.45) is 2.59. The SMILES string of the molecule is COc1ccc(N2C[C@@H](C(=O)NCCc3ccccn3)CC2=O)cc1OC. The van der Waals surface area contributed by atoms with Crippen LogP contribution in [0.2, 0.25) is 0 Å². The zero-order chi connectivity index (χ0) is 19.2. The van der Waals surface area contributed by atoms with Gasteiger partial charge in [0, 0.05) is 49.6 Å². The first-order valence-electron chi connectivity index (χ1n) is 8.82. The van der Waals surface area contributed by atoms with Gasteiger partial charge in [0.05, 0.1) is 20.1 Å². The van der Waals surface area contributed by atoms with Gasteiger partial charge >= 0.3 is 0 Å². The summed E-state index contributed by atoms with van der Waals surface area (Å²) in [5.74, 6) is 0.589. The zero-order valence-corrected chi connectivity index (χ0v) is 15.5. The highest BCUT2D eigenvalue weighted by Gasteiger charge is 2.35. The normalized spacial score (nSPS) is 16.3. The third-order valence-corrected chi connectivity index (χ3v) is 4.58. The molecule has 2 heterocycles. The Morgan fingerprint density at radius 3 is 2.74 bits per heavy atom. The van der Waals surface area contributed by atoms with E-state index in [9.17, 15) is 9.59 Å². The minimum Gasteiger partial charge on any atom is -0.493 e. The summed E-state index contributed by atoms with van der Waals surface area (Å²) in [6, 6.07) is 11.0. The second kappa shape index (κ2) is 8.53. The molecule has 0 aliphatic carbocycles. The van der Waals surface area contributed by atoms with Crippen molar-refractivity contribution in [1.82, 2.24) is 10.3 Å². The first-order valence-corrected chi connectivity index (χ1v) is 8.82. The fourth-order valence-electron chi connectivity index (χ4n) is 3.13. The highest BCUT2D eigenvalue weighted by molar-refractivity contribution is 6.00. The molecular formula is C20H23N3O4. The third-order valence-electron chi connectivity index (χ3n) is 4.58. The van der Waals surface area contributed by atoms with E-state index in [0.717, 1.165) is 5.69 Å². The third kappa shape index (κ3) is 4.36.